The minimum absolute atomic E-state index is 0.380. The van der Waals surface area contributed by atoms with Crippen molar-refractivity contribution >= 4 is 21.4 Å². The minimum atomic E-state index is -3.40. The van der Waals surface area contributed by atoms with Crippen LogP contribution in [0.15, 0.2) is 15.7 Å². The number of nitrogens with zero attached hydrogens (tertiary/aromatic N) is 1. The van der Waals surface area contributed by atoms with Crippen molar-refractivity contribution in [3.8, 4) is 0 Å². The van der Waals surface area contributed by atoms with Crippen LogP contribution in [0.2, 0.25) is 0 Å². The van der Waals surface area contributed by atoms with E-state index in [1.165, 1.54) is 11.3 Å². The summed E-state index contributed by atoms with van der Waals surface area (Å²) < 4.78 is 32.9. The molecule has 0 saturated carbocycles. The first-order valence-corrected chi connectivity index (χ1v) is 9.57. The molecule has 1 unspecified atom stereocenters. The van der Waals surface area contributed by atoms with Crippen LogP contribution >= 0.6 is 11.3 Å². The van der Waals surface area contributed by atoms with Gasteiger partial charge in [0.25, 0.3) is 10.0 Å². The average molecular weight is 332 g/mol. The van der Waals surface area contributed by atoms with Crippen LogP contribution < -0.4 is 5.32 Å². The Labute approximate surface area is 131 Å². The molecule has 5 nitrogen and oxygen atoms in total. The molecule has 7 heteroatoms. The summed E-state index contributed by atoms with van der Waals surface area (Å²) in [6, 6.07) is 1.78. The highest BCUT2D eigenvalue weighted by atomic mass is 32.2. The first-order chi connectivity index (χ1) is 9.91. The molecule has 1 N–H and O–H groups in total. The number of ether oxygens (including phenoxy) is 1. The van der Waals surface area contributed by atoms with Crippen LogP contribution in [-0.2, 0) is 21.3 Å². The predicted octanol–water partition coefficient (Wildman–Crippen LogP) is 2.05. The van der Waals surface area contributed by atoms with Gasteiger partial charge >= 0.3 is 0 Å². The van der Waals surface area contributed by atoms with Crippen LogP contribution in [0.4, 0.5) is 0 Å². The molecule has 2 rings (SSSR count). The van der Waals surface area contributed by atoms with Crippen LogP contribution in [0.3, 0.4) is 0 Å². The van der Waals surface area contributed by atoms with Gasteiger partial charge in [-0.25, -0.2) is 8.42 Å². The van der Waals surface area contributed by atoms with Gasteiger partial charge in [-0.3, -0.25) is 0 Å². The summed E-state index contributed by atoms with van der Waals surface area (Å²) in [5.41, 5.74) is 0.641. The maximum Gasteiger partial charge on any atom is 0.252 e. The summed E-state index contributed by atoms with van der Waals surface area (Å²) in [5, 5.41) is 5.12. The lowest BCUT2D eigenvalue weighted by Gasteiger charge is -2.38. The lowest BCUT2D eigenvalue weighted by molar-refractivity contribution is -0.0319. The molecule has 1 atom stereocenters. The summed E-state index contributed by atoms with van der Waals surface area (Å²) in [7, 11) is -1.75. The average Bonchev–Trinajstić information content (AvgIpc) is 2.95. The second-order valence-corrected chi connectivity index (χ2v) is 8.73. The number of methoxy groups -OCH3 is 1. The Morgan fingerprint density at radius 3 is 2.95 bits per heavy atom. The van der Waals surface area contributed by atoms with Gasteiger partial charge in [-0.15, -0.1) is 11.3 Å². The number of hydrogen-bond donors (Lipinski definition) is 1. The van der Waals surface area contributed by atoms with Crippen molar-refractivity contribution in [1.82, 2.24) is 9.62 Å². The van der Waals surface area contributed by atoms with Gasteiger partial charge in [0.15, 0.2) is 0 Å². The molecule has 21 heavy (non-hydrogen) atoms. The quantitative estimate of drug-likeness (QED) is 0.866. The fraction of sp³-hybridized carbons (Fsp3) is 0.714. The fourth-order valence-electron chi connectivity index (χ4n) is 2.51. The molecule has 0 aliphatic carbocycles. The highest BCUT2D eigenvalue weighted by Crippen LogP contribution is 2.30. The molecule has 1 fully saturated rings. The van der Waals surface area contributed by atoms with Crippen LogP contribution in [0, 0.1) is 0 Å². The third kappa shape index (κ3) is 3.84. The lowest BCUT2D eigenvalue weighted by Crippen LogP contribution is -2.49. The van der Waals surface area contributed by atoms with E-state index >= 15 is 0 Å². The first kappa shape index (κ1) is 16.9. The van der Waals surface area contributed by atoms with E-state index in [0.29, 0.717) is 23.8 Å². The van der Waals surface area contributed by atoms with Gasteiger partial charge in [-0.2, -0.15) is 4.31 Å². The third-order valence-electron chi connectivity index (χ3n) is 3.92. The Morgan fingerprint density at radius 2 is 2.29 bits per heavy atom. The summed E-state index contributed by atoms with van der Waals surface area (Å²) in [5.74, 6) is 0. The molecule has 0 bridgehead atoms. The SMILES string of the molecule is CCNCc1csc(S(=O)(=O)N2CCCC(C)(OC)C2)c1. The maximum atomic E-state index is 12.7. The number of sulfonamides is 1. The first-order valence-electron chi connectivity index (χ1n) is 7.25. The van der Waals surface area contributed by atoms with Crippen molar-refractivity contribution < 1.29 is 13.2 Å². The van der Waals surface area contributed by atoms with Crippen LogP contribution in [0.25, 0.3) is 0 Å². The van der Waals surface area contributed by atoms with E-state index in [9.17, 15) is 8.42 Å². The normalized spacial score (nSPS) is 24.3. The number of piperidine rings is 1. The van der Waals surface area contributed by atoms with Crippen LogP contribution in [-0.4, -0.2) is 45.1 Å². The summed E-state index contributed by atoms with van der Waals surface area (Å²) in [6.07, 6.45) is 1.73. The van der Waals surface area contributed by atoms with Crippen LogP contribution in [0.5, 0.6) is 0 Å². The molecule has 1 saturated heterocycles. The second kappa shape index (κ2) is 6.75. The van der Waals surface area contributed by atoms with Gasteiger partial charge in [0.05, 0.1) is 5.60 Å². The third-order valence-corrected chi connectivity index (χ3v) is 7.23. The van der Waals surface area contributed by atoms with Crippen molar-refractivity contribution in [3.05, 3.63) is 17.0 Å². The molecule has 1 aliphatic rings. The molecule has 1 aliphatic heterocycles. The molecule has 0 amide bonds. The van der Waals surface area contributed by atoms with E-state index < -0.39 is 10.0 Å². The van der Waals surface area contributed by atoms with Crippen molar-refractivity contribution in [2.24, 2.45) is 0 Å². The summed E-state index contributed by atoms with van der Waals surface area (Å²) in [4.78, 5) is 0. The zero-order valence-electron chi connectivity index (χ0n) is 12.9. The highest BCUT2D eigenvalue weighted by molar-refractivity contribution is 7.91. The smallest absolute Gasteiger partial charge is 0.252 e. The number of nitrogens with one attached hydrogen (secondary N) is 1. The van der Waals surface area contributed by atoms with E-state index in [-0.39, 0.29) is 5.60 Å². The van der Waals surface area contributed by atoms with Gasteiger partial charge in [-0.1, -0.05) is 6.92 Å². The van der Waals surface area contributed by atoms with E-state index in [2.05, 4.69) is 5.32 Å². The van der Waals surface area contributed by atoms with Gasteiger partial charge in [0.2, 0.25) is 0 Å². The Morgan fingerprint density at radius 1 is 1.52 bits per heavy atom. The van der Waals surface area contributed by atoms with E-state index in [0.717, 1.165) is 24.9 Å². The van der Waals surface area contributed by atoms with Gasteiger partial charge in [0.1, 0.15) is 4.21 Å². The highest BCUT2D eigenvalue weighted by Gasteiger charge is 2.37. The molecule has 2 heterocycles. The van der Waals surface area contributed by atoms with Crippen molar-refractivity contribution in [2.75, 3.05) is 26.7 Å². The monoisotopic (exact) mass is 332 g/mol. The van der Waals surface area contributed by atoms with Crippen LogP contribution in [0.1, 0.15) is 32.3 Å². The van der Waals surface area contributed by atoms with Crippen molar-refractivity contribution in [2.45, 2.75) is 43.0 Å². The molecule has 120 valence electrons. The van der Waals surface area contributed by atoms with E-state index in [1.54, 1.807) is 17.5 Å². The number of thiophene rings is 1. The molecular weight excluding hydrogens is 308 g/mol. The fourth-order valence-corrected chi connectivity index (χ4v) is 5.46. The standard InChI is InChI=1S/C14H24N2O3S2/c1-4-15-9-12-8-13(20-10-12)21(17,18)16-7-5-6-14(2,11-16)19-3/h8,10,15H,4-7,9,11H2,1-3H3. The number of hydrogen-bond acceptors (Lipinski definition) is 5. The maximum absolute atomic E-state index is 12.7. The lowest BCUT2D eigenvalue weighted by atomic mass is 9.96. The van der Waals surface area contributed by atoms with E-state index in [4.69, 9.17) is 4.74 Å². The molecule has 0 aromatic carbocycles. The summed E-state index contributed by atoms with van der Waals surface area (Å²) in [6.45, 7) is 6.57. The molecule has 0 spiro atoms. The minimum Gasteiger partial charge on any atom is -0.377 e. The molecule has 0 radical (unpaired) electrons. The van der Waals surface area contributed by atoms with Gasteiger partial charge < -0.3 is 10.1 Å². The van der Waals surface area contributed by atoms with Crippen molar-refractivity contribution in [3.63, 3.8) is 0 Å². The zero-order chi connectivity index (χ0) is 15.5. The Balaban J connectivity index is 2.15. The topological polar surface area (TPSA) is 58.6 Å². The Kier molecular flexibility index (Phi) is 5.43. The molecular formula is C14H24N2O3S2. The zero-order valence-corrected chi connectivity index (χ0v) is 14.5. The van der Waals surface area contributed by atoms with Gasteiger partial charge in [-0.05, 0) is 43.3 Å². The molecule has 1 aromatic rings. The van der Waals surface area contributed by atoms with Crippen molar-refractivity contribution in [1.29, 1.82) is 0 Å². The Hall–Kier alpha value is -0.470. The number of rotatable bonds is 6. The molecule has 1 aromatic heterocycles. The van der Waals surface area contributed by atoms with E-state index in [1.807, 2.05) is 19.2 Å². The second-order valence-electron chi connectivity index (χ2n) is 5.65. The van der Waals surface area contributed by atoms with Gasteiger partial charge in [0, 0.05) is 26.7 Å². The largest absolute Gasteiger partial charge is 0.377 e. The predicted molar refractivity (Wildman–Crippen MR) is 85.1 cm³/mol. The summed E-state index contributed by atoms with van der Waals surface area (Å²) >= 11 is 1.30. The Bertz CT molecular complexity index is 571.